The first-order chi connectivity index (χ1) is 11.3. The molecule has 0 radical (unpaired) electrons. The molecule has 0 amide bonds. The molecule has 118 valence electrons. The minimum atomic E-state index is 0.295. The normalized spacial score (nSPS) is 16.1. The van der Waals surface area contributed by atoms with Gasteiger partial charge in [-0.2, -0.15) is 0 Å². The van der Waals surface area contributed by atoms with Crippen LogP contribution in [-0.4, -0.2) is 34.8 Å². The summed E-state index contributed by atoms with van der Waals surface area (Å²) < 4.78 is 0. The molecule has 3 aromatic rings. The Morgan fingerprint density at radius 2 is 1.91 bits per heavy atom. The van der Waals surface area contributed by atoms with Crippen LogP contribution in [-0.2, 0) is 0 Å². The van der Waals surface area contributed by atoms with Crippen molar-refractivity contribution < 1.29 is 5.11 Å². The van der Waals surface area contributed by atoms with Crippen LogP contribution in [0.15, 0.2) is 42.7 Å². The van der Waals surface area contributed by atoms with Crippen molar-refractivity contribution in [2.24, 2.45) is 5.92 Å². The first-order valence-corrected chi connectivity index (χ1v) is 8.82. The molecule has 4 nitrogen and oxygen atoms in total. The fraction of sp³-hybridized carbons (Fsp3) is 0.333. The molecule has 0 saturated carbocycles. The van der Waals surface area contributed by atoms with E-state index in [1.54, 1.807) is 17.7 Å². The molecule has 0 unspecified atom stereocenters. The van der Waals surface area contributed by atoms with Gasteiger partial charge in [0.05, 0.1) is 5.39 Å². The first-order valence-electron chi connectivity index (χ1n) is 8.01. The van der Waals surface area contributed by atoms with Gasteiger partial charge in [0.1, 0.15) is 17.0 Å². The maximum atomic E-state index is 9.31. The van der Waals surface area contributed by atoms with Gasteiger partial charge in [-0.15, -0.1) is 11.3 Å². The predicted molar refractivity (Wildman–Crippen MR) is 94.9 cm³/mol. The quantitative estimate of drug-likeness (QED) is 0.800. The lowest BCUT2D eigenvalue weighted by Crippen LogP contribution is -2.35. The van der Waals surface area contributed by atoms with Crippen LogP contribution < -0.4 is 4.90 Å². The second-order valence-corrected chi connectivity index (χ2v) is 7.04. The van der Waals surface area contributed by atoms with E-state index in [-0.39, 0.29) is 0 Å². The monoisotopic (exact) mass is 325 g/mol. The summed E-state index contributed by atoms with van der Waals surface area (Å²) in [5.41, 5.74) is 1.22. The Bertz CT molecular complexity index is 794. The highest BCUT2D eigenvalue weighted by atomic mass is 32.1. The van der Waals surface area contributed by atoms with Crippen LogP contribution >= 0.6 is 11.3 Å². The highest BCUT2D eigenvalue weighted by Crippen LogP contribution is 2.36. The molecule has 3 heterocycles. The number of aliphatic hydroxyl groups excluding tert-OH is 1. The number of aliphatic hydroxyl groups is 1. The van der Waals surface area contributed by atoms with E-state index < -0.39 is 0 Å². The molecule has 1 N–H and O–H groups in total. The average Bonchev–Trinajstić information content (AvgIpc) is 3.07. The molecule has 0 bridgehead atoms. The third-order valence-electron chi connectivity index (χ3n) is 4.54. The number of hydrogen-bond acceptors (Lipinski definition) is 5. The van der Waals surface area contributed by atoms with Crippen molar-refractivity contribution >= 4 is 27.4 Å². The molecule has 23 heavy (non-hydrogen) atoms. The molecular weight excluding hydrogens is 306 g/mol. The van der Waals surface area contributed by atoms with E-state index in [0.717, 1.165) is 42.0 Å². The molecule has 5 heteroatoms. The van der Waals surface area contributed by atoms with Crippen molar-refractivity contribution in [1.82, 2.24) is 9.97 Å². The molecule has 1 saturated heterocycles. The summed E-state index contributed by atoms with van der Waals surface area (Å²) in [6.45, 7) is 2.20. The second-order valence-electron chi connectivity index (χ2n) is 6.01. The summed E-state index contributed by atoms with van der Waals surface area (Å²) in [6, 6.07) is 12.6. The van der Waals surface area contributed by atoms with E-state index in [1.807, 2.05) is 6.07 Å². The maximum Gasteiger partial charge on any atom is 0.140 e. The topological polar surface area (TPSA) is 49.2 Å². The van der Waals surface area contributed by atoms with Crippen molar-refractivity contribution in [3.63, 3.8) is 0 Å². The fourth-order valence-electron chi connectivity index (χ4n) is 3.17. The molecule has 0 spiro atoms. The van der Waals surface area contributed by atoms with Crippen molar-refractivity contribution in [3.8, 4) is 10.4 Å². The Hall–Kier alpha value is -1.98. The average molecular weight is 325 g/mol. The summed E-state index contributed by atoms with van der Waals surface area (Å²) in [6.07, 6.45) is 3.72. The lowest BCUT2D eigenvalue weighted by Gasteiger charge is -2.32. The third kappa shape index (κ3) is 2.82. The summed E-state index contributed by atoms with van der Waals surface area (Å²) in [4.78, 5) is 13.6. The van der Waals surface area contributed by atoms with E-state index in [9.17, 15) is 5.11 Å². The van der Waals surface area contributed by atoms with Gasteiger partial charge in [0.15, 0.2) is 0 Å². The Morgan fingerprint density at radius 3 is 2.65 bits per heavy atom. The van der Waals surface area contributed by atoms with Crippen LogP contribution in [0.25, 0.3) is 20.7 Å². The predicted octanol–water partition coefficient (Wildman–Crippen LogP) is 3.57. The molecule has 0 atom stereocenters. The standard InChI is InChI=1S/C18H19N3OS/c22-11-13-6-8-21(9-7-13)17-15-10-16(14-4-2-1-3-5-14)23-18(15)20-12-19-17/h1-5,10,12-13,22H,6-9,11H2. The van der Waals surface area contributed by atoms with Gasteiger partial charge in [0, 0.05) is 24.6 Å². The Morgan fingerprint density at radius 1 is 1.13 bits per heavy atom. The zero-order chi connectivity index (χ0) is 15.6. The molecular formula is C18H19N3OS. The highest BCUT2D eigenvalue weighted by Gasteiger charge is 2.22. The van der Waals surface area contributed by atoms with Gasteiger partial charge in [-0.3, -0.25) is 0 Å². The van der Waals surface area contributed by atoms with Gasteiger partial charge in [-0.1, -0.05) is 30.3 Å². The highest BCUT2D eigenvalue weighted by molar-refractivity contribution is 7.21. The Balaban J connectivity index is 1.70. The minimum Gasteiger partial charge on any atom is -0.396 e. The molecule has 1 aromatic carbocycles. The minimum absolute atomic E-state index is 0.295. The molecule has 1 fully saturated rings. The summed E-state index contributed by atoms with van der Waals surface area (Å²) in [5.74, 6) is 1.47. The van der Waals surface area contributed by atoms with Gasteiger partial charge in [-0.25, -0.2) is 9.97 Å². The van der Waals surface area contributed by atoms with Crippen LogP contribution in [0.4, 0.5) is 5.82 Å². The molecule has 1 aliphatic rings. The van der Waals surface area contributed by atoms with Crippen molar-refractivity contribution in [3.05, 3.63) is 42.7 Å². The lowest BCUT2D eigenvalue weighted by atomic mass is 9.98. The zero-order valence-corrected chi connectivity index (χ0v) is 13.7. The Labute approximate surface area is 139 Å². The van der Waals surface area contributed by atoms with Gasteiger partial charge < -0.3 is 10.0 Å². The summed E-state index contributed by atoms with van der Waals surface area (Å²) in [7, 11) is 0. The number of anilines is 1. The number of piperidine rings is 1. The van der Waals surface area contributed by atoms with Gasteiger partial charge >= 0.3 is 0 Å². The third-order valence-corrected chi connectivity index (χ3v) is 5.63. The lowest BCUT2D eigenvalue weighted by molar-refractivity contribution is 0.203. The summed E-state index contributed by atoms with van der Waals surface area (Å²) >= 11 is 1.72. The fourth-order valence-corrected chi connectivity index (χ4v) is 4.17. The van der Waals surface area contributed by atoms with Crippen molar-refractivity contribution in [2.45, 2.75) is 12.8 Å². The number of benzene rings is 1. The van der Waals surface area contributed by atoms with E-state index >= 15 is 0 Å². The first kappa shape index (κ1) is 14.6. The van der Waals surface area contributed by atoms with Crippen molar-refractivity contribution in [1.29, 1.82) is 0 Å². The molecule has 4 rings (SSSR count). The van der Waals surface area contributed by atoms with E-state index in [0.29, 0.717) is 12.5 Å². The van der Waals surface area contributed by atoms with Crippen LogP contribution in [0.3, 0.4) is 0 Å². The van der Waals surface area contributed by atoms with E-state index in [2.05, 4.69) is 45.2 Å². The SMILES string of the molecule is OCC1CCN(c2ncnc3sc(-c4ccccc4)cc23)CC1. The number of hydrogen-bond donors (Lipinski definition) is 1. The van der Waals surface area contributed by atoms with Crippen LogP contribution in [0.5, 0.6) is 0 Å². The number of rotatable bonds is 3. The Kier molecular flexibility index (Phi) is 3.97. The molecule has 1 aliphatic heterocycles. The zero-order valence-electron chi connectivity index (χ0n) is 12.9. The molecule has 2 aromatic heterocycles. The maximum absolute atomic E-state index is 9.31. The van der Waals surface area contributed by atoms with Crippen LogP contribution in [0, 0.1) is 5.92 Å². The number of fused-ring (bicyclic) bond motifs is 1. The number of thiophene rings is 1. The number of nitrogens with zero attached hydrogens (tertiary/aromatic N) is 3. The van der Waals surface area contributed by atoms with Crippen LogP contribution in [0.2, 0.25) is 0 Å². The number of aromatic nitrogens is 2. The molecule has 0 aliphatic carbocycles. The summed E-state index contributed by atoms with van der Waals surface area (Å²) in [5, 5.41) is 10.4. The van der Waals surface area contributed by atoms with Gasteiger partial charge in [-0.05, 0) is 30.4 Å². The smallest absolute Gasteiger partial charge is 0.140 e. The largest absolute Gasteiger partial charge is 0.396 e. The second kappa shape index (κ2) is 6.26. The van der Waals surface area contributed by atoms with Crippen molar-refractivity contribution in [2.75, 3.05) is 24.6 Å². The van der Waals surface area contributed by atoms with Gasteiger partial charge in [0.25, 0.3) is 0 Å². The van der Waals surface area contributed by atoms with Crippen LogP contribution in [0.1, 0.15) is 12.8 Å². The van der Waals surface area contributed by atoms with E-state index in [1.165, 1.54) is 10.4 Å². The van der Waals surface area contributed by atoms with E-state index in [4.69, 9.17) is 0 Å². The van der Waals surface area contributed by atoms with Gasteiger partial charge in [0.2, 0.25) is 0 Å².